The van der Waals surface area contributed by atoms with Crippen molar-refractivity contribution in [2.45, 2.75) is 19.5 Å². The highest BCUT2D eigenvalue weighted by molar-refractivity contribution is 6.32. The van der Waals surface area contributed by atoms with Crippen molar-refractivity contribution in [1.29, 1.82) is 0 Å². The van der Waals surface area contributed by atoms with Gasteiger partial charge >= 0.3 is 0 Å². The van der Waals surface area contributed by atoms with E-state index in [1.54, 1.807) is 54.3 Å². The lowest BCUT2D eigenvalue weighted by Gasteiger charge is -2.25. The summed E-state index contributed by atoms with van der Waals surface area (Å²) >= 11 is 12.5. The summed E-state index contributed by atoms with van der Waals surface area (Å²) in [5.74, 6) is -0.788. The van der Waals surface area contributed by atoms with Gasteiger partial charge in [0, 0.05) is 16.6 Å². The minimum Gasteiger partial charge on any atom is -0.450 e. The van der Waals surface area contributed by atoms with Crippen LogP contribution in [0, 0.1) is 12.7 Å². The number of fused-ring (bicyclic) bond motifs is 2. The molecule has 4 aromatic rings. The van der Waals surface area contributed by atoms with Crippen LogP contribution in [0.3, 0.4) is 0 Å². The van der Waals surface area contributed by atoms with Gasteiger partial charge in [0.05, 0.1) is 17.0 Å². The highest BCUT2D eigenvalue weighted by atomic mass is 35.5. The first-order valence-corrected chi connectivity index (χ1v) is 10.7. The van der Waals surface area contributed by atoms with Crippen LogP contribution in [0.4, 0.5) is 4.39 Å². The van der Waals surface area contributed by atoms with Crippen molar-refractivity contribution < 1.29 is 13.6 Å². The Morgan fingerprint density at radius 2 is 1.78 bits per heavy atom. The third kappa shape index (κ3) is 3.38. The molecule has 160 valence electrons. The number of rotatable bonds is 3. The largest absolute Gasteiger partial charge is 0.450 e. The first-order valence-electron chi connectivity index (χ1n) is 9.91. The van der Waals surface area contributed by atoms with Gasteiger partial charge in [-0.15, -0.1) is 0 Å². The Kier molecular flexibility index (Phi) is 5.03. The molecule has 0 fully saturated rings. The van der Waals surface area contributed by atoms with E-state index in [4.69, 9.17) is 27.6 Å². The van der Waals surface area contributed by atoms with Gasteiger partial charge in [-0.1, -0.05) is 47.5 Å². The summed E-state index contributed by atoms with van der Waals surface area (Å²) in [5, 5.41) is 1.23. The molecule has 0 saturated heterocycles. The van der Waals surface area contributed by atoms with Gasteiger partial charge in [0.1, 0.15) is 11.4 Å². The fourth-order valence-corrected chi connectivity index (χ4v) is 4.48. The molecule has 0 N–H and O–H groups in total. The Morgan fingerprint density at radius 1 is 1.03 bits per heavy atom. The zero-order chi connectivity index (χ0) is 22.6. The van der Waals surface area contributed by atoms with Gasteiger partial charge in [-0.25, -0.2) is 4.39 Å². The van der Waals surface area contributed by atoms with Gasteiger partial charge in [-0.2, -0.15) is 0 Å². The summed E-state index contributed by atoms with van der Waals surface area (Å²) in [4.78, 5) is 28.5. The minimum atomic E-state index is -0.706. The predicted molar refractivity (Wildman–Crippen MR) is 122 cm³/mol. The summed E-state index contributed by atoms with van der Waals surface area (Å²) in [5.41, 5.74) is 2.36. The standard InChI is InChI=1S/C25H16Cl2FNO3/c1-13-9-20-18(11-19(13)27)23(30)21-22(15-3-2-4-16(26)10-15)29(25(31)24(21)32-20)12-14-5-7-17(28)8-6-14/h2-11,22H,12H2,1H3. The molecule has 1 aromatic heterocycles. The zero-order valence-electron chi connectivity index (χ0n) is 16.9. The molecule has 7 heteroatoms. The van der Waals surface area contributed by atoms with E-state index in [1.165, 1.54) is 12.1 Å². The second-order valence-corrected chi connectivity index (χ2v) is 8.63. The third-order valence-electron chi connectivity index (χ3n) is 5.68. The van der Waals surface area contributed by atoms with Gasteiger partial charge in [0.2, 0.25) is 5.76 Å². The van der Waals surface area contributed by atoms with E-state index in [0.29, 0.717) is 26.6 Å². The maximum atomic E-state index is 13.6. The first-order chi connectivity index (χ1) is 15.3. The third-order valence-corrected chi connectivity index (χ3v) is 6.32. The summed E-state index contributed by atoms with van der Waals surface area (Å²) < 4.78 is 19.4. The number of carbonyl (C=O) groups excluding carboxylic acids is 1. The summed E-state index contributed by atoms with van der Waals surface area (Å²) in [7, 11) is 0. The summed E-state index contributed by atoms with van der Waals surface area (Å²) in [6.45, 7) is 1.96. The predicted octanol–water partition coefficient (Wildman–Crippen LogP) is 6.29. The number of benzene rings is 3. The van der Waals surface area contributed by atoms with E-state index in [2.05, 4.69) is 0 Å². The van der Waals surface area contributed by atoms with Crippen LogP contribution in [0.2, 0.25) is 10.0 Å². The quantitative estimate of drug-likeness (QED) is 0.355. The molecule has 5 rings (SSSR count). The Hall–Kier alpha value is -3.15. The summed E-state index contributed by atoms with van der Waals surface area (Å²) in [6, 6.07) is 15.4. The molecule has 32 heavy (non-hydrogen) atoms. The van der Waals surface area contributed by atoms with Crippen molar-refractivity contribution in [3.8, 4) is 0 Å². The van der Waals surface area contributed by atoms with Crippen molar-refractivity contribution in [3.05, 3.63) is 115 Å². The Labute approximate surface area is 192 Å². The lowest BCUT2D eigenvalue weighted by Crippen LogP contribution is -2.29. The van der Waals surface area contributed by atoms with Crippen molar-refractivity contribution >= 4 is 40.1 Å². The second-order valence-electron chi connectivity index (χ2n) is 7.79. The fraction of sp³-hybridized carbons (Fsp3) is 0.120. The molecular weight excluding hydrogens is 452 g/mol. The molecule has 0 radical (unpaired) electrons. The zero-order valence-corrected chi connectivity index (χ0v) is 18.4. The Morgan fingerprint density at radius 3 is 2.50 bits per heavy atom. The van der Waals surface area contributed by atoms with Gasteiger partial charge in [-0.3, -0.25) is 9.59 Å². The van der Waals surface area contributed by atoms with Gasteiger partial charge in [-0.05, 0) is 60.0 Å². The van der Waals surface area contributed by atoms with E-state index in [9.17, 15) is 14.0 Å². The second kappa shape index (κ2) is 7.76. The highest BCUT2D eigenvalue weighted by Crippen LogP contribution is 2.40. The Bertz CT molecular complexity index is 1450. The van der Waals surface area contributed by atoms with Crippen LogP contribution < -0.4 is 5.43 Å². The van der Waals surface area contributed by atoms with Crippen LogP contribution in [0.25, 0.3) is 11.0 Å². The molecule has 0 spiro atoms. The minimum absolute atomic E-state index is 0.00342. The van der Waals surface area contributed by atoms with Crippen LogP contribution >= 0.6 is 23.2 Å². The van der Waals surface area contributed by atoms with Crippen molar-refractivity contribution in [3.63, 3.8) is 0 Å². The molecule has 4 nitrogen and oxygen atoms in total. The van der Waals surface area contributed by atoms with Crippen molar-refractivity contribution in [2.24, 2.45) is 0 Å². The average molecular weight is 468 g/mol. The first kappa shape index (κ1) is 20.7. The van der Waals surface area contributed by atoms with E-state index in [-0.39, 0.29) is 29.1 Å². The molecule has 1 unspecified atom stereocenters. The smallest absolute Gasteiger partial charge is 0.291 e. The molecule has 0 aliphatic carbocycles. The van der Waals surface area contributed by atoms with Crippen LogP contribution in [0.15, 0.2) is 69.9 Å². The topological polar surface area (TPSA) is 50.5 Å². The lowest BCUT2D eigenvalue weighted by atomic mass is 9.98. The number of hydrogen-bond acceptors (Lipinski definition) is 3. The number of nitrogens with zero attached hydrogens (tertiary/aromatic N) is 1. The highest BCUT2D eigenvalue weighted by Gasteiger charge is 2.42. The average Bonchev–Trinajstić information content (AvgIpc) is 3.03. The van der Waals surface area contributed by atoms with Gasteiger partial charge < -0.3 is 9.32 Å². The fourth-order valence-electron chi connectivity index (χ4n) is 4.11. The SMILES string of the molecule is Cc1cc2oc3c(c(=O)c2cc1Cl)C(c1cccc(Cl)c1)N(Cc1ccc(F)cc1)C3=O. The van der Waals surface area contributed by atoms with E-state index >= 15 is 0 Å². The lowest BCUT2D eigenvalue weighted by molar-refractivity contribution is 0.0714. The molecule has 1 aliphatic heterocycles. The number of halogens is 3. The molecule has 2 heterocycles. The van der Waals surface area contributed by atoms with Gasteiger partial charge in [0.15, 0.2) is 5.43 Å². The number of aryl methyl sites for hydroxylation is 1. The van der Waals surface area contributed by atoms with Crippen LogP contribution in [0.5, 0.6) is 0 Å². The normalized spacial score (nSPS) is 15.4. The molecule has 1 amide bonds. The van der Waals surface area contributed by atoms with E-state index < -0.39 is 11.9 Å². The maximum Gasteiger partial charge on any atom is 0.291 e. The number of carbonyl (C=O) groups is 1. The number of amides is 1. The van der Waals surface area contributed by atoms with Crippen LogP contribution in [0.1, 0.15) is 38.9 Å². The van der Waals surface area contributed by atoms with Gasteiger partial charge in [0.25, 0.3) is 5.91 Å². The van der Waals surface area contributed by atoms with Crippen molar-refractivity contribution in [2.75, 3.05) is 0 Å². The monoisotopic (exact) mass is 467 g/mol. The molecule has 1 atom stereocenters. The molecule has 1 aliphatic rings. The van der Waals surface area contributed by atoms with Crippen LogP contribution in [-0.4, -0.2) is 10.8 Å². The Balaban J connectivity index is 1.74. The molecule has 0 bridgehead atoms. The maximum absolute atomic E-state index is 13.6. The van der Waals surface area contributed by atoms with E-state index in [1.807, 2.05) is 6.07 Å². The molecule has 0 saturated carbocycles. The molecule has 3 aromatic carbocycles. The molecular formula is C25H16Cl2FNO3. The van der Waals surface area contributed by atoms with Crippen molar-refractivity contribution in [1.82, 2.24) is 4.90 Å². The van der Waals surface area contributed by atoms with E-state index in [0.717, 1.165) is 11.1 Å². The van der Waals surface area contributed by atoms with Crippen LogP contribution in [-0.2, 0) is 6.54 Å². The number of hydrogen-bond donors (Lipinski definition) is 0. The summed E-state index contributed by atoms with van der Waals surface area (Å²) in [6.07, 6.45) is 0.